The second-order valence-corrected chi connectivity index (χ2v) is 7.45. The van der Waals surface area contributed by atoms with E-state index in [1.165, 1.54) is 0 Å². The molecule has 3 unspecified atom stereocenters. The van der Waals surface area contributed by atoms with Gasteiger partial charge in [0.1, 0.15) is 18.3 Å². The third kappa shape index (κ3) is 2.63. The molecule has 122 valence electrons. The molecule has 2 amide bonds. The Labute approximate surface area is 143 Å². The molecule has 0 bridgehead atoms. The molecule has 3 atom stereocenters. The van der Waals surface area contributed by atoms with Crippen LogP contribution in [0.4, 0.5) is 0 Å². The molecule has 4 rings (SSSR count). The van der Waals surface area contributed by atoms with E-state index in [1.54, 1.807) is 4.90 Å². The Morgan fingerprint density at radius 1 is 1.30 bits per heavy atom. The SMILES string of the molecule is O=C1CN(C(=O)C2COc3ccc(Br)cc32)C2CCCCC2N1. The van der Waals surface area contributed by atoms with Crippen LogP contribution in [0.2, 0.25) is 0 Å². The van der Waals surface area contributed by atoms with E-state index in [2.05, 4.69) is 21.2 Å². The third-order valence-corrected chi connectivity index (χ3v) is 5.62. The van der Waals surface area contributed by atoms with Gasteiger partial charge in [0.05, 0.1) is 12.6 Å². The maximum absolute atomic E-state index is 13.1. The molecule has 1 aromatic rings. The normalized spacial score (nSPS) is 29.3. The van der Waals surface area contributed by atoms with Crippen LogP contribution < -0.4 is 10.1 Å². The molecule has 0 spiro atoms. The van der Waals surface area contributed by atoms with E-state index in [1.807, 2.05) is 18.2 Å². The molecular weight excluding hydrogens is 360 g/mol. The van der Waals surface area contributed by atoms with Gasteiger partial charge in [-0.05, 0) is 31.0 Å². The highest BCUT2D eigenvalue weighted by atomic mass is 79.9. The molecule has 23 heavy (non-hydrogen) atoms. The molecule has 2 fully saturated rings. The summed E-state index contributed by atoms with van der Waals surface area (Å²) in [6.07, 6.45) is 4.16. The van der Waals surface area contributed by atoms with Crippen LogP contribution in [0.15, 0.2) is 22.7 Å². The van der Waals surface area contributed by atoms with Gasteiger partial charge in [-0.2, -0.15) is 0 Å². The summed E-state index contributed by atoms with van der Waals surface area (Å²) in [5.41, 5.74) is 0.919. The van der Waals surface area contributed by atoms with E-state index in [0.29, 0.717) is 6.61 Å². The van der Waals surface area contributed by atoms with Crippen molar-refractivity contribution in [2.75, 3.05) is 13.2 Å². The lowest BCUT2D eigenvalue weighted by atomic mass is 9.86. The van der Waals surface area contributed by atoms with Crippen molar-refractivity contribution in [2.24, 2.45) is 0 Å². The summed E-state index contributed by atoms with van der Waals surface area (Å²) in [4.78, 5) is 26.9. The molecule has 1 aliphatic carbocycles. The largest absolute Gasteiger partial charge is 0.492 e. The third-order valence-electron chi connectivity index (χ3n) is 5.12. The average molecular weight is 379 g/mol. The summed E-state index contributed by atoms with van der Waals surface area (Å²) in [5.74, 6) is 0.438. The van der Waals surface area contributed by atoms with E-state index in [9.17, 15) is 9.59 Å². The lowest BCUT2D eigenvalue weighted by Gasteiger charge is -2.44. The molecule has 5 nitrogen and oxygen atoms in total. The molecule has 1 N–H and O–H groups in total. The number of amides is 2. The summed E-state index contributed by atoms with van der Waals surface area (Å²) in [6, 6.07) is 5.99. The van der Waals surface area contributed by atoms with Crippen LogP contribution >= 0.6 is 15.9 Å². The second-order valence-electron chi connectivity index (χ2n) is 6.54. The molecule has 1 saturated heterocycles. The van der Waals surface area contributed by atoms with Gasteiger partial charge in [-0.15, -0.1) is 0 Å². The summed E-state index contributed by atoms with van der Waals surface area (Å²) >= 11 is 3.46. The van der Waals surface area contributed by atoms with E-state index >= 15 is 0 Å². The summed E-state index contributed by atoms with van der Waals surface area (Å²) < 4.78 is 6.61. The fraction of sp³-hybridized carbons (Fsp3) is 0.529. The molecule has 6 heteroatoms. The number of hydrogen-bond acceptors (Lipinski definition) is 3. The lowest BCUT2D eigenvalue weighted by molar-refractivity contribution is -0.145. The zero-order valence-electron chi connectivity index (χ0n) is 12.8. The van der Waals surface area contributed by atoms with Crippen molar-refractivity contribution in [1.29, 1.82) is 0 Å². The first-order chi connectivity index (χ1) is 11.1. The van der Waals surface area contributed by atoms with Crippen LogP contribution in [0, 0.1) is 0 Å². The van der Waals surface area contributed by atoms with Crippen molar-refractivity contribution in [2.45, 2.75) is 43.7 Å². The quantitative estimate of drug-likeness (QED) is 0.814. The summed E-state index contributed by atoms with van der Waals surface area (Å²) in [7, 11) is 0. The van der Waals surface area contributed by atoms with Gasteiger partial charge in [-0.25, -0.2) is 0 Å². The Kier molecular flexibility index (Phi) is 3.79. The monoisotopic (exact) mass is 378 g/mol. The van der Waals surface area contributed by atoms with Gasteiger partial charge in [0, 0.05) is 16.1 Å². The maximum Gasteiger partial charge on any atom is 0.239 e. The van der Waals surface area contributed by atoms with Crippen molar-refractivity contribution in [3.05, 3.63) is 28.2 Å². The number of fused-ring (bicyclic) bond motifs is 2. The molecule has 2 aliphatic heterocycles. The minimum absolute atomic E-state index is 0.0219. The number of ether oxygens (including phenoxy) is 1. The Morgan fingerprint density at radius 2 is 2.13 bits per heavy atom. The highest BCUT2D eigenvalue weighted by Gasteiger charge is 2.42. The van der Waals surface area contributed by atoms with E-state index in [0.717, 1.165) is 41.5 Å². The van der Waals surface area contributed by atoms with Crippen LogP contribution in [0.5, 0.6) is 5.75 Å². The Balaban J connectivity index is 1.61. The smallest absolute Gasteiger partial charge is 0.239 e. The Hall–Kier alpha value is -1.56. The molecular formula is C17H19BrN2O3. The lowest BCUT2D eigenvalue weighted by Crippen LogP contribution is -2.63. The first-order valence-corrected chi connectivity index (χ1v) is 8.95. The summed E-state index contributed by atoms with van der Waals surface area (Å²) in [6.45, 7) is 0.528. The highest BCUT2D eigenvalue weighted by molar-refractivity contribution is 9.10. The number of carbonyl (C=O) groups excluding carboxylic acids is 2. The minimum Gasteiger partial charge on any atom is -0.492 e. The van der Waals surface area contributed by atoms with Gasteiger partial charge in [-0.1, -0.05) is 28.8 Å². The molecule has 2 heterocycles. The van der Waals surface area contributed by atoms with Crippen LogP contribution in [0.3, 0.4) is 0 Å². The topological polar surface area (TPSA) is 58.6 Å². The molecule has 0 radical (unpaired) electrons. The van der Waals surface area contributed by atoms with Crippen molar-refractivity contribution in [3.63, 3.8) is 0 Å². The second kappa shape index (κ2) is 5.82. The van der Waals surface area contributed by atoms with Gasteiger partial charge in [0.2, 0.25) is 11.8 Å². The zero-order valence-corrected chi connectivity index (χ0v) is 14.3. The van der Waals surface area contributed by atoms with Crippen molar-refractivity contribution >= 4 is 27.7 Å². The number of carbonyl (C=O) groups is 2. The van der Waals surface area contributed by atoms with Crippen LogP contribution in [-0.2, 0) is 9.59 Å². The first-order valence-electron chi connectivity index (χ1n) is 8.15. The van der Waals surface area contributed by atoms with Gasteiger partial charge in [-0.3, -0.25) is 9.59 Å². The number of rotatable bonds is 1. The molecule has 3 aliphatic rings. The number of nitrogens with zero attached hydrogens (tertiary/aromatic N) is 1. The molecule has 0 aromatic heterocycles. The fourth-order valence-electron chi connectivity index (χ4n) is 4.01. The predicted molar refractivity (Wildman–Crippen MR) is 88.3 cm³/mol. The summed E-state index contributed by atoms with van der Waals surface area (Å²) in [5, 5.41) is 3.05. The number of hydrogen-bond donors (Lipinski definition) is 1. The Bertz CT molecular complexity index is 663. The van der Waals surface area contributed by atoms with E-state index in [-0.39, 0.29) is 36.4 Å². The van der Waals surface area contributed by atoms with Crippen molar-refractivity contribution in [1.82, 2.24) is 10.2 Å². The molecule has 1 aromatic carbocycles. The number of halogens is 1. The maximum atomic E-state index is 13.1. The van der Waals surface area contributed by atoms with Crippen LogP contribution in [0.1, 0.15) is 37.2 Å². The highest BCUT2D eigenvalue weighted by Crippen LogP contribution is 2.38. The number of piperazine rings is 1. The molecule has 1 saturated carbocycles. The minimum atomic E-state index is -0.309. The van der Waals surface area contributed by atoms with Gasteiger partial charge in [0.15, 0.2) is 0 Å². The average Bonchev–Trinajstić information content (AvgIpc) is 2.96. The first kappa shape index (κ1) is 15.0. The predicted octanol–water partition coefficient (Wildman–Crippen LogP) is 2.19. The van der Waals surface area contributed by atoms with Gasteiger partial charge < -0.3 is 15.0 Å². The van der Waals surface area contributed by atoms with Gasteiger partial charge >= 0.3 is 0 Å². The zero-order chi connectivity index (χ0) is 16.0. The van der Waals surface area contributed by atoms with Crippen molar-refractivity contribution < 1.29 is 14.3 Å². The fourth-order valence-corrected chi connectivity index (χ4v) is 4.39. The van der Waals surface area contributed by atoms with E-state index in [4.69, 9.17) is 4.74 Å². The standard InChI is InChI=1S/C17H19BrN2O3/c18-10-5-6-15-11(7-10)12(9-23-15)17(22)20-8-16(21)19-13-3-1-2-4-14(13)20/h5-7,12-14H,1-4,8-9H2,(H,19,21). The van der Waals surface area contributed by atoms with Gasteiger partial charge in [0.25, 0.3) is 0 Å². The van der Waals surface area contributed by atoms with E-state index < -0.39 is 0 Å². The van der Waals surface area contributed by atoms with Crippen molar-refractivity contribution in [3.8, 4) is 5.75 Å². The van der Waals surface area contributed by atoms with Crippen LogP contribution in [0.25, 0.3) is 0 Å². The Morgan fingerprint density at radius 3 is 3.00 bits per heavy atom. The van der Waals surface area contributed by atoms with Crippen LogP contribution in [-0.4, -0.2) is 41.9 Å². The number of nitrogens with one attached hydrogen (secondary N) is 1. The number of benzene rings is 1.